The number of hydrogen-bond acceptors (Lipinski definition) is 3. The minimum atomic E-state index is -2.03. The molecule has 0 saturated carbocycles. The van der Waals surface area contributed by atoms with Gasteiger partial charge in [0.1, 0.15) is 16.4 Å². The van der Waals surface area contributed by atoms with E-state index in [1.807, 2.05) is 0 Å². The van der Waals surface area contributed by atoms with E-state index in [1.54, 1.807) is 12.1 Å². The van der Waals surface area contributed by atoms with Gasteiger partial charge in [-0.15, -0.1) is 0 Å². The fourth-order valence-corrected chi connectivity index (χ4v) is 1.42. The lowest BCUT2D eigenvalue weighted by Gasteiger charge is -2.06. The van der Waals surface area contributed by atoms with Gasteiger partial charge in [-0.05, 0) is 12.1 Å². The van der Waals surface area contributed by atoms with Crippen LogP contribution in [0.4, 0.5) is 0 Å². The quantitative estimate of drug-likeness (QED) is 0.750. The van der Waals surface area contributed by atoms with Gasteiger partial charge in [-0.3, -0.25) is 0 Å². The van der Waals surface area contributed by atoms with Crippen molar-refractivity contribution in [1.29, 1.82) is 0 Å². The second kappa shape index (κ2) is 4.25. The highest BCUT2D eigenvalue weighted by atomic mass is 32.2. The molecule has 72 valence electrons. The van der Waals surface area contributed by atoms with Gasteiger partial charge in [0.05, 0.1) is 14.2 Å². The van der Waals surface area contributed by atoms with Crippen molar-refractivity contribution in [2.75, 3.05) is 14.2 Å². The smallest absolute Gasteiger partial charge is 0.190 e. The summed E-state index contributed by atoms with van der Waals surface area (Å²) in [5.74, 6) is 0.936. The number of benzene rings is 1. The van der Waals surface area contributed by atoms with Crippen molar-refractivity contribution in [3.05, 3.63) is 18.2 Å². The molecule has 4 nitrogen and oxygen atoms in total. The summed E-state index contributed by atoms with van der Waals surface area (Å²) in [5.41, 5.74) is 0. The van der Waals surface area contributed by atoms with E-state index in [2.05, 4.69) is 0 Å². The second-order valence-electron chi connectivity index (χ2n) is 2.27. The van der Waals surface area contributed by atoms with Crippen LogP contribution in [0.3, 0.4) is 0 Å². The van der Waals surface area contributed by atoms with E-state index in [0.717, 1.165) is 0 Å². The number of ether oxygens (including phenoxy) is 2. The van der Waals surface area contributed by atoms with Crippen molar-refractivity contribution in [2.45, 2.75) is 4.90 Å². The third-order valence-corrected chi connectivity index (χ3v) is 2.27. The molecular weight excluding hydrogens is 192 g/mol. The molecule has 0 aliphatic carbocycles. The van der Waals surface area contributed by atoms with Gasteiger partial charge >= 0.3 is 0 Å². The van der Waals surface area contributed by atoms with Crippen LogP contribution in [0, 0.1) is 0 Å². The fraction of sp³-hybridized carbons (Fsp3) is 0.250. The topological polar surface area (TPSA) is 55.8 Å². The maximum absolute atomic E-state index is 10.8. The zero-order valence-electron chi connectivity index (χ0n) is 7.31. The van der Waals surface area contributed by atoms with E-state index >= 15 is 0 Å². The maximum atomic E-state index is 10.8. The maximum Gasteiger partial charge on any atom is 0.190 e. The largest absolute Gasteiger partial charge is 0.497 e. The van der Waals surface area contributed by atoms with Crippen LogP contribution in [0.5, 0.6) is 11.5 Å². The van der Waals surface area contributed by atoms with Crippen LogP contribution >= 0.6 is 0 Å². The number of methoxy groups -OCH3 is 2. The minimum absolute atomic E-state index is 0.239. The second-order valence-corrected chi connectivity index (χ2v) is 3.20. The molecule has 13 heavy (non-hydrogen) atoms. The van der Waals surface area contributed by atoms with Crippen molar-refractivity contribution in [1.82, 2.24) is 0 Å². The lowest BCUT2D eigenvalue weighted by molar-refractivity contribution is 0.385. The Morgan fingerprint density at radius 3 is 2.46 bits per heavy atom. The molecule has 0 radical (unpaired) electrons. The van der Waals surface area contributed by atoms with Gasteiger partial charge in [-0.1, -0.05) is 0 Å². The van der Waals surface area contributed by atoms with Crippen molar-refractivity contribution >= 4 is 11.1 Å². The predicted molar refractivity (Wildman–Crippen MR) is 48.6 cm³/mol. The van der Waals surface area contributed by atoms with Crippen LogP contribution in [0.2, 0.25) is 0 Å². The fourth-order valence-electron chi connectivity index (χ4n) is 0.919. The Labute approximate surface area is 78.8 Å². The molecule has 1 atom stereocenters. The first kappa shape index (κ1) is 10.0. The molecule has 0 fully saturated rings. The molecule has 1 unspecified atom stereocenters. The van der Waals surface area contributed by atoms with Crippen LogP contribution in [0.1, 0.15) is 0 Å². The molecule has 0 aliphatic rings. The van der Waals surface area contributed by atoms with Crippen molar-refractivity contribution < 1.29 is 18.2 Å². The van der Waals surface area contributed by atoms with Gasteiger partial charge in [0, 0.05) is 6.07 Å². The molecule has 0 bridgehead atoms. The number of hydrogen-bond donors (Lipinski definition) is 1. The van der Waals surface area contributed by atoms with Gasteiger partial charge < -0.3 is 14.0 Å². The van der Waals surface area contributed by atoms with E-state index in [1.165, 1.54) is 20.3 Å². The standard InChI is InChI=1S/C8H10O4S/c1-11-6-3-4-8(13(9)10)7(5-6)12-2/h3-5H,1-2H3,(H,9,10). The monoisotopic (exact) mass is 202 g/mol. The molecule has 1 N–H and O–H groups in total. The van der Waals surface area contributed by atoms with E-state index in [9.17, 15) is 4.21 Å². The van der Waals surface area contributed by atoms with Crippen LogP contribution in [0.15, 0.2) is 23.1 Å². The van der Waals surface area contributed by atoms with Crippen molar-refractivity contribution in [3.63, 3.8) is 0 Å². The summed E-state index contributed by atoms with van der Waals surface area (Å²) >= 11 is -2.03. The minimum Gasteiger partial charge on any atom is -0.497 e. The van der Waals surface area contributed by atoms with Crippen LogP contribution in [-0.4, -0.2) is 23.0 Å². The molecule has 0 amide bonds. The van der Waals surface area contributed by atoms with Crippen molar-refractivity contribution in [2.24, 2.45) is 0 Å². The molecule has 1 rings (SSSR count). The van der Waals surface area contributed by atoms with E-state index in [4.69, 9.17) is 14.0 Å². The molecule has 1 aromatic rings. The lowest BCUT2D eigenvalue weighted by Crippen LogP contribution is -1.95. The zero-order valence-corrected chi connectivity index (χ0v) is 8.13. The Balaban J connectivity index is 3.15. The lowest BCUT2D eigenvalue weighted by atomic mass is 10.3. The van der Waals surface area contributed by atoms with Crippen LogP contribution in [-0.2, 0) is 11.1 Å². The average Bonchev–Trinajstić information content (AvgIpc) is 2.16. The molecule has 0 aromatic heterocycles. The summed E-state index contributed by atoms with van der Waals surface area (Å²) < 4.78 is 29.5. The van der Waals surface area contributed by atoms with Crippen LogP contribution in [0.25, 0.3) is 0 Å². The summed E-state index contributed by atoms with van der Waals surface area (Å²) in [6, 6.07) is 4.66. The van der Waals surface area contributed by atoms with Crippen LogP contribution < -0.4 is 9.47 Å². The average molecular weight is 202 g/mol. The van der Waals surface area contributed by atoms with Gasteiger partial charge in [-0.25, -0.2) is 4.21 Å². The first-order valence-corrected chi connectivity index (χ1v) is 4.62. The van der Waals surface area contributed by atoms with Crippen molar-refractivity contribution in [3.8, 4) is 11.5 Å². The molecular formula is C8H10O4S. The molecule has 1 aromatic carbocycles. The van der Waals surface area contributed by atoms with E-state index in [0.29, 0.717) is 11.5 Å². The normalized spacial score (nSPS) is 12.2. The van der Waals surface area contributed by atoms with Gasteiger partial charge in [-0.2, -0.15) is 0 Å². The van der Waals surface area contributed by atoms with E-state index in [-0.39, 0.29) is 4.90 Å². The van der Waals surface area contributed by atoms with Gasteiger partial charge in [0.25, 0.3) is 0 Å². The Kier molecular flexibility index (Phi) is 3.27. The number of rotatable bonds is 3. The first-order chi connectivity index (χ1) is 6.19. The van der Waals surface area contributed by atoms with Gasteiger partial charge in [0.2, 0.25) is 0 Å². The molecule has 0 spiro atoms. The highest BCUT2D eigenvalue weighted by molar-refractivity contribution is 7.79. The highest BCUT2D eigenvalue weighted by Crippen LogP contribution is 2.26. The summed E-state index contributed by atoms with van der Waals surface area (Å²) in [5, 5.41) is 0. The molecule has 0 aliphatic heterocycles. The Morgan fingerprint density at radius 2 is 2.00 bits per heavy atom. The zero-order chi connectivity index (χ0) is 9.84. The SMILES string of the molecule is COc1ccc(S(=O)O)c(OC)c1. The Bertz CT molecular complexity index is 324. The third-order valence-electron chi connectivity index (χ3n) is 1.56. The highest BCUT2D eigenvalue weighted by Gasteiger charge is 2.09. The summed E-state index contributed by atoms with van der Waals surface area (Å²) in [7, 11) is 2.95. The summed E-state index contributed by atoms with van der Waals surface area (Å²) in [6.07, 6.45) is 0. The summed E-state index contributed by atoms with van der Waals surface area (Å²) in [4.78, 5) is 0.239. The Morgan fingerprint density at radius 1 is 1.31 bits per heavy atom. The van der Waals surface area contributed by atoms with E-state index < -0.39 is 11.1 Å². The molecule has 5 heteroatoms. The predicted octanol–water partition coefficient (Wildman–Crippen LogP) is 1.28. The Hall–Kier alpha value is -1.07. The third kappa shape index (κ3) is 2.19. The molecule has 0 heterocycles. The van der Waals surface area contributed by atoms with Gasteiger partial charge in [0.15, 0.2) is 11.1 Å². The molecule has 0 saturated heterocycles. The first-order valence-electron chi connectivity index (χ1n) is 3.52. The summed E-state index contributed by atoms with van der Waals surface area (Å²) in [6.45, 7) is 0.